The van der Waals surface area contributed by atoms with Crippen molar-refractivity contribution in [2.75, 3.05) is 18.4 Å². The SMILES string of the molecule is O=S1(=O)N=C(CN2CCC[C@@H]2Cn2cncn2)Nc2ccccc21. The van der Waals surface area contributed by atoms with Crippen LogP contribution in [0.15, 0.2) is 46.2 Å². The minimum Gasteiger partial charge on any atom is -0.341 e. The lowest BCUT2D eigenvalue weighted by molar-refractivity contribution is 0.256. The molecule has 2 aromatic rings. The molecule has 1 aromatic heterocycles. The van der Waals surface area contributed by atoms with E-state index in [0.717, 1.165) is 25.9 Å². The van der Waals surface area contributed by atoms with Crippen molar-refractivity contribution in [3.63, 3.8) is 0 Å². The fourth-order valence-electron chi connectivity index (χ4n) is 3.28. The van der Waals surface area contributed by atoms with Crippen LogP contribution in [0.5, 0.6) is 0 Å². The summed E-state index contributed by atoms with van der Waals surface area (Å²) < 4.78 is 30.4. The van der Waals surface area contributed by atoms with Crippen molar-refractivity contribution >= 4 is 21.5 Å². The van der Waals surface area contributed by atoms with Gasteiger partial charge in [0, 0.05) is 6.04 Å². The number of para-hydroxylation sites is 1. The Balaban J connectivity index is 1.52. The molecule has 0 spiro atoms. The van der Waals surface area contributed by atoms with E-state index in [1.807, 2.05) is 10.7 Å². The van der Waals surface area contributed by atoms with Crippen LogP contribution in [0, 0.1) is 0 Å². The maximum absolute atomic E-state index is 12.3. The van der Waals surface area contributed by atoms with Gasteiger partial charge in [0.25, 0.3) is 10.0 Å². The van der Waals surface area contributed by atoms with Crippen LogP contribution in [-0.2, 0) is 16.6 Å². The molecular weight excluding hydrogens is 328 g/mol. The first-order chi connectivity index (χ1) is 11.6. The van der Waals surface area contributed by atoms with Crippen molar-refractivity contribution in [3.05, 3.63) is 36.9 Å². The number of hydrogen-bond donors (Lipinski definition) is 1. The molecule has 0 saturated carbocycles. The van der Waals surface area contributed by atoms with Crippen LogP contribution in [0.2, 0.25) is 0 Å². The molecule has 1 N–H and O–H groups in total. The number of fused-ring (bicyclic) bond motifs is 1. The zero-order valence-corrected chi connectivity index (χ0v) is 13.9. The third-order valence-corrected chi connectivity index (χ3v) is 5.76. The molecule has 1 fully saturated rings. The van der Waals surface area contributed by atoms with Crippen LogP contribution in [0.3, 0.4) is 0 Å². The minimum atomic E-state index is -3.63. The first kappa shape index (κ1) is 15.3. The van der Waals surface area contributed by atoms with Crippen LogP contribution in [0.1, 0.15) is 12.8 Å². The predicted octanol–water partition coefficient (Wildman–Crippen LogP) is 0.955. The molecule has 0 radical (unpaired) electrons. The molecular formula is C15H18N6O2S. The van der Waals surface area contributed by atoms with E-state index in [1.165, 1.54) is 6.33 Å². The highest BCUT2D eigenvalue weighted by atomic mass is 32.2. The first-order valence-electron chi connectivity index (χ1n) is 7.88. The van der Waals surface area contributed by atoms with Crippen LogP contribution in [-0.4, -0.2) is 53.0 Å². The minimum absolute atomic E-state index is 0.231. The van der Waals surface area contributed by atoms with Gasteiger partial charge in [0.15, 0.2) is 0 Å². The van der Waals surface area contributed by atoms with E-state index in [4.69, 9.17) is 0 Å². The van der Waals surface area contributed by atoms with Crippen molar-refractivity contribution in [1.82, 2.24) is 19.7 Å². The molecule has 0 bridgehead atoms. The summed E-state index contributed by atoms with van der Waals surface area (Å²) >= 11 is 0. The fraction of sp³-hybridized carbons (Fsp3) is 0.400. The molecule has 1 atom stereocenters. The second-order valence-corrected chi connectivity index (χ2v) is 7.59. The van der Waals surface area contributed by atoms with E-state index in [9.17, 15) is 8.42 Å². The number of anilines is 1. The number of nitrogens with zero attached hydrogens (tertiary/aromatic N) is 5. The molecule has 4 rings (SSSR count). The van der Waals surface area contributed by atoms with Gasteiger partial charge in [-0.05, 0) is 31.5 Å². The van der Waals surface area contributed by atoms with Gasteiger partial charge in [0.05, 0.1) is 18.8 Å². The third-order valence-electron chi connectivity index (χ3n) is 4.39. The van der Waals surface area contributed by atoms with Gasteiger partial charge in [-0.2, -0.15) is 13.5 Å². The number of rotatable bonds is 4. The van der Waals surface area contributed by atoms with Gasteiger partial charge < -0.3 is 5.32 Å². The van der Waals surface area contributed by atoms with E-state index in [-0.39, 0.29) is 4.90 Å². The Hall–Kier alpha value is -2.26. The zero-order chi connectivity index (χ0) is 16.6. The summed E-state index contributed by atoms with van der Waals surface area (Å²) in [6.07, 6.45) is 5.36. The molecule has 24 heavy (non-hydrogen) atoms. The van der Waals surface area contributed by atoms with Gasteiger partial charge >= 0.3 is 0 Å². The van der Waals surface area contributed by atoms with E-state index >= 15 is 0 Å². The Morgan fingerprint density at radius 2 is 2.17 bits per heavy atom. The van der Waals surface area contributed by atoms with Gasteiger partial charge in [-0.1, -0.05) is 12.1 Å². The molecule has 0 amide bonds. The second kappa shape index (κ2) is 5.99. The topological polar surface area (TPSA) is 92.5 Å². The van der Waals surface area contributed by atoms with Crippen LogP contribution in [0.4, 0.5) is 5.69 Å². The summed E-state index contributed by atoms with van der Waals surface area (Å²) in [5, 5.41) is 7.30. The van der Waals surface area contributed by atoms with E-state index in [1.54, 1.807) is 24.5 Å². The third kappa shape index (κ3) is 2.92. The Kier molecular flexibility index (Phi) is 3.81. The molecule has 1 aromatic carbocycles. The Morgan fingerprint density at radius 1 is 1.29 bits per heavy atom. The summed E-state index contributed by atoms with van der Waals surface area (Å²) in [4.78, 5) is 6.44. The number of likely N-dealkylation sites (tertiary alicyclic amines) is 1. The van der Waals surface area contributed by atoms with Gasteiger partial charge in [0.1, 0.15) is 23.4 Å². The number of aromatic nitrogens is 3. The fourth-order valence-corrected chi connectivity index (χ4v) is 4.42. The summed E-state index contributed by atoms with van der Waals surface area (Å²) in [7, 11) is -3.63. The van der Waals surface area contributed by atoms with Crippen molar-refractivity contribution in [1.29, 1.82) is 0 Å². The molecule has 1 saturated heterocycles. The molecule has 2 aliphatic heterocycles. The zero-order valence-electron chi connectivity index (χ0n) is 13.0. The average molecular weight is 346 g/mol. The van der Waals surface area contributed by atoms with Crippen molar-refractivity contribution in [2.24, 2.45) is 4.40 Å². The highest BCUT2D eigenvalue weighted by Crippen LogP contribution is 2.27. The highest BCUT2D eigenvalue weighted by molar-refractivity contribution is 7.90. The average Bonchev–Trinajstić information content (AvgIpc) is 3.20. The Bertz CT molecular complexity index is 862. The van der Waals surface area contributed by atoms with Gasteiger partial charge in [-0.25, -0.2) is 4.98 Å². The maximum atomic E-state index is 12.3. The standard InChI is InChI=1S/C15H18N6O2S/c22-24(23)14-6-2-1-5-13(14)18-15(19-24)9-20-7-3-4-12(20)8-21-11-16-10-17-21/h1-2,5-6,10-12H,3-4,7-9H2,(H,18,19)/t12-/m1/s1. The van der Waals surface area contributed by atoms with Crippen molar-refractivity contribution in [2.45, 2.75) is 30.3 Å². The molecule has 8 nitrogen and oxygen atoms in total. The number of nitrogens with one attached hydrogen (secondary N) is 1. The number of benzene rings is 1. The lowest BCUT2D eigenvalue weighted by Gasteiger charge is -2.26. The van der Waals surface area contributed by atoms with Crippen LogP contribution < -0.4 is 5.32 Å². The molecule has 2 aliphatic rings. The van der Waals surface area contributed by atoms with Gasteiger partial charge in [-0.3, -0.25) is 9.58 Å². The highest BCUT2D eigenvalue weighted by Gasteiger charge is 2.29. The lowest BCUT2D eigenvalue weighted by Crippen LogP contribution is -2.40. The van der Waals surface area contributed by atoms with Crippen molar-refractivity contribution < 1.29 is 8.42 Å². The monoisotopic (exact) mass is 346 g/mol. The Labute approximate surface area is 140 Å². The van der Waals surface area contributed by atoms with Gasteiger partial charge in [-0.15, -0.1) is 4.40 Å². The molecule has 9 heteroatoms. The summed E-state index contributed by atoms with van der Waals surface area (Å²) in [5.74, 6) is 0.471. The number of hydrogen-bond acceptors (Lipinski definition) is 6. The van der Waals surface area contributed by atoms with E-state index < -0.39 is 10.0 Å². The molecule has 3 heterocycles. The summed E-state index contributed by atoms with van der Waals surface area (Å²) in [6.45, 7) is 2.14. The summed E-state index contributed by atoms with van der Waals surface area (Å²) in [5.41, 5.74) is 0.592. The predicted molar refractivity (Wildman–Crippen MR) is 89.3 cm³/mol. The maximum Gasteiger partial charge on any atom is 0.286 e. The quantitative estimate of drug-likeness (QED) is 0.886. The molecule has 126 valence electrons. The smallest absolute Gasteiger partial charge is 0.286 e. The largest absolute Gasteiger partial charge is 0.341 e. The second-order valence-electron chi connectivity index (χ2n) is 6.02. The normalized spacial score (nSPS) is 22.7. The van der Waals surface area contributed by atoms with Crippen LogP contribution in [0.25, 0.3) is 0 Å². The van der Waals surface area contributed by atoms with E-state index in [0.29, 0.717) is 24.1 Å². The van der Waals surface area contributed by atoms with E-state index in [2.05, 4.69) is 24.7 Å². The number of sulfonamides is 1. The summed E-state index contributed by atoms with van der Waals surface area (Å²) in [6, 6.07) is 7.15. The number of amidine groups is 1. The molecule has 0 aliphatic carbocycles. The molecule has 0 unspecified atom stereocenters. The first-order valence-corrected chi connectivity index (χ1v) is 9.32. The lowest BCUT2D eigenvalue weighted by atomic mass is 10.2. The van der Waals surface area contributed by atoms with Crippen molar-refractivity contribution in [3.8, 4) is 0 Å². The van der Waals surface area contributed by atoms with Crippen LogP contribution >= 0.6 is 0 Å². The Morgan fingerprint density at radius 3 is 3.00 bits per heavy atom. The van der Waals surface area contributed by atoms with Gasteiger partial charge in [0.2, 0.25) is 0 Å².